The molecule has 2 aromatic rings. The smallest absolute Gasteiger partial charge is 0.127 e. The van der Waals surface area contributed by atoms with Crippen molar-refractivity contribution in [2.24, 2.45) is 5.92 Å². The lowest BCUT2D eigenvalue weighted by atomic mass is 9.77. The van der Waals surface area contributed by atoms with Crippen LogP contribution < -0.4 is 0 Å². The fraction of sp³-hybridized carbons (Fsp3) is 0.467. The van der Waals surface area contributed by atoms with Crippen LogP contribution >= 0.6 is 0 Å². The monoisotopic (exact) mass is 414 g/mol. The first-order valence-electron chi connectivity index (χ1n) is 12.0. The molecule has 1 fully saturated rings. The number of hydrogen-bond acceptors (Lipinski definition) is 0. The van der Waals surface area contributed by atoms with Crippen molar-refractivity contribution in [1.29, 1.82) is 0 Å². The zero-order valence-corrected chi connectivity index (χ0v) is 19.1. The van der Waals surface area contributed by atoms with Gasteiger partial charge in [-0.05, 0) is 86.3 Å². The molecule has 0 radical (unpaired) electrons. The highest BCUT2D eigenvalue weighted by Gasteiger charge is 2.24. The molecule has 0 bridgehead atoms. The molecule has 1 aliphatic rings. The van der Waals surface area contributed by atoms with E-state index in [0.29, 0.717) is 5.92 Å². The van der Waals surface area contributed by atoms with Crippen LogP contribution in [0.3, 0.4) is 0 Å². The lowest BCUT2D eigenvalue weighted by Gasteiger charge is -2.29. The SMILES string of the molecule is CC#CCCc1ccc(C#Cc2ccc(C3CCC(CCCCC)CC3)c(F)c2)cc1. The summed E-state index contributed by atoms with van der Waals surface area (Å²) in [5.41, 5.74) is 3.86. The largest absolute Gasteiger partial charge is 0.207 e. The van der Waals surface area contributed by atoms with E-state index in [-0.39, 0.29) is 5.82 Å². The van der Waals surface area contributed by atoms with Gasteiger partial charge in [0.15, 0.2) is 0 Å². The lowest BCUT2D eigenvalue weighted by Crippen LogP contribution is -2.14. The number of unbranched alkanes of at least 4 members (excludes halogenated alkanes) is 2. The maximum Gasteiger partial charge on any atom is 0.127 e. The van der Waals surface area contributed by atoms with Crippen LogP contribution in [0.25, 0.3) is 0 Å². The van der Waals surface area contributed by atoms with Gasteiger partial charge in [-0.1, -0.05) is 62.6 Å². The van der Waals surface area contributed by atoms with E-state index in [2.05, 4.69) is 42.7 Å². The van der Waals surface area contributed by atoms with Crippen molar-refractivity contribution >= 4 is 0 Å². The van der Waals surface area contributed by atoms with E-state index in [0.717, 1.165) is 48.3 Å². The van der Waals surface area contributed by atoms with Crippen LogP contribution in [0.2, 0.25) is 0 Å². The van der Waals surface area contributed by atoms with Gasteiger partial charge in [-0.3, -0.25) is 0 Å². The second-order valence-corrected chi connectivity index (χ2v) is 8.82. The van der Waals surface area contributed by atoms with Crippen LogP contribution in [-0.4, -0.2) is 0 Å². The van der Waals surface area contributed by atoms with E-state index in [1.54, 1.807) is 6.07 Å². The minimum atomic E-state index is -0.0892. The first kappa shape index (κ1) is 23.2. The third-order valence-corrected chi connectivity index (χ3v) is 6.52. The molecule has 1 aliphatic carbocycles. The summed E-state index contributed by atoms with van der Waals surface area (Å²) in [6, 6.07) is 13.8. The maximum absolute atomic E-state index is 14.8. The predicted octanol–water partition coefficient (Wildman–Crippen LogP) is 8.04. The molecule has 1 saturated carbocycles. The Morgan fingerprint density at radius 3 is 2.29 bits per heavy atom. The standard InChI is InChI=1S/C30H35F/c1-3-5-7-9-24-11-13-26(14-12-24)15-16-27-19-22-29(30(31)23-27)28-20-17-25(18-21-28)10-8-6-4-2/h11-14,19,22-23,25,28H,4,6-10,17-18,20-21H2,1-2H3. The molecule has 0 aromatic heterocycles. The minimum Gasteiger partial charge on any atom is -0.207 e. The van der Waals surface area contributed by atoms with Gasteiger partial charge in [-0.2, -0.15) is 0 Å². The summed E-state index contributed by atoms with van der Waals surface area (Å²) in [5.74, 6) is 13.4. The normalized spacial score (nSPS) is 17.9. The minimum absolute atomic E-state index is 0.0892. The molecule has 0 nitrogen and oxygen atoms in total. The van der Waals surface area contributed by atoms with Crippen LogP contribution in [0.15, 0.2) is 42.5 Å². The quantitative estimate of drug-likeness (QED) is 0.318. The molecule has 0 heterocycles. The van der Waals surface area contributed by atoms with Crippen molar-refractivity contribution in [2.45, 2.75) is 84.0 Å². The Balaban J connectivity index is 1.56. The molecular formula is C30H35F. The Morgan fingerprint density at radius 2 is 1.61 bits per heavy atom. The third kappa shape index (κ3) is 7.29. The maximum atomic E-state index is 14.8. The average molecular weight is 415 g/mol. The Bertz CT molecular complexity index is 938. The van der Waals surface area contributed by atoms with Gasteiger partial charge in [-0.25, -0.2) is 4.39 Å². The van der Waals surface area contributed by atoms with Gasteiger partial charge in [0.25, 0.3) is 0 Å². The highest BCUT2D eigenvalue weighted by atomic mass is 19.1. The van der Waals surface area contributed by atoms with Crippen molar-refractivity contribution in [3.8, 4) is 23.7 Å². The summed E-state index contributed by atoms with van der Waals surface area (Å²) in [4.78, 5) is 0. The number of benzene rings is 2. The fourth-order valence-electron chi connectivity index (χ4n) is 4.61. The number of aryl methyl sites for hydroxylation is 1. The van der Waals surface area contributed by atoms with Crippen LogP contribution in [0, 0.1) is 35.4 Å². The van der Waals surface area contributed by atoms with E-state index in [1.807, 2.05) is 31.2 Å². The molecular weight excluding hydrogens is 379 g/mol. The molecule has 0 unspecified atom stereocenters. The molecule has 1 heteroatoms. The van der Waals surface area contributed by atoms with Crippen LogP contribution in [-0.2, 0) is 6.42 Å². The number of rotatable bonds is 7. The topological polar surface area (TPSA) is 0 Å². The highest BCUT2D eigenvalue weighted by molar-refractivity contribution is 5.44. The van der Waals surface area contributed by atoms with Crippen molar-refractivity contribution < 1.29 is 4.39 Å². The molecule has 31 heavy (non-hydrogen) atoms. The Kier molecular flexibility index (Phi) is 9.24. The summed E-state index contributed by atoms with van der Waals surface area (Å²) < 4.78 is 14.8. The molecule has 0 aliphatic heterocycles. The van der Waals surface area contributed by atoms with E-state index in [9.17, 15) is 4.39 Å². The molecule has 3 rings (SSSR count). The highest BCUT2D eigenvalue weighted by Crippen LogP contribution is 2.38. The Hall–Kier alpha value is -2.51. The molecule has 0 spiro atoms. The number of halogens is 1. The van der Waals surface area contributed by atoms with Gasteiger partial charge >= 0.3 is 0 Å². The van der Waals surface area contributed by atoms with E-state index < -0.39 is 0 Å². The van der Waals surface area contributed by atoms with Gasteiger partial charge in [0, 0.05) is 17.5 Å². The Morgan fingerprint density at radius 1 is 0.903 bits per heavy atom. The van der Waals surface area contributed by atoms with Crippen molar-refractivity contribution in [3.63, 3.8) is 0 Å². The summed E-state index contributed by atoms with van der Waals surface area (Å²) in [7, 11) is 0. The van der Waals surface area contributed by atoms with Crippen molar-refractivity contribution in [2.75, 3.05) is 0 Å². The van der Waals surface area contributed by atoms with Crippen LogP contribution in [0.4, 0.5) is 4.39 Å². The van der Waals surface area contributed by atoms with E-state index in [1.165, 1.54) is 44.1 Å². The van der Waals surface area contributed by atoms with E-state index in [4.69, 9.17) is 0 Å². The Labute approximate surface area is 188 Å². The first-order chi connectivity index (χ1) is 15.2. The van der Waals surface area contributed by atoms with Gasteiger partial charge in [0.2, 0.25) is 0 Å². The third-order valence-electron chi connectivity index (χ3n) is 6.52. The summed E-state index contributed by atoms with van der Waals surface area (Å²) in [6.45, 7) is 4.13. The molecule has 0 saturated heterocycles. The van der Waals surface area contributed by atoms with Gasteiger partial charge in [0.1, 0.15) is 5.82 Å². The zero-order valence-electron chi connectivity index (χ0n) is 19.1. The van der Waals surface area contributed by atoms with E-state index >= 15 is 0 Å². The summed E-state index contributed by atoms with van der Waals surface area (Å²) >= 11 is 0. The van der Waals surface area contributed by atoms with Crippen LogP contribution in [0.5, 0.6) is 0 Å². The van der Waals surface area contributed by atoms with Gasteiger partial charge in [0.05, 0.1) is 0 Å². The molecule has 0 amide bonds. The second kappa shape index (κ2) is 12.4. The second-order valence-electron chi connectivity index (χ2n) is 8.82. The zero-order chi connectivity index (χ0) is 21.9. The van der Waals surface area contributed by atoms with Gasteiger partial charge < -0.3 is 0 Å². The number of hydrogen-bond donors (Lipinski definition) is 0. The molecule has 162 valence electrons. The predicted molar refractivity (Wildman–Crippen MR) is 129 cm³/mol. The van der Waals surface area contributed by atoms with Crippen molar-refractivity contribution in [1.82, 2.24) is 0 Å². The average Bonchev–Trinajstić information content (AvgIpc) is 2.80. The fourth-order valence-corrected chi connectivity index (χ4v) is 4.61. The first-order valence-corrected chi connectivity index (χ1v) is 12.0. The molecule has 0 N–H and O–H groups in total. The summed E-state index contributed by atoms with van der Waals surface area (Å²) in [6.07, 6.45) is 11.9. The lowest BCUT2D eigenvalue weighted by molar-refractivity contribution is 0.299. The summed E-state index contributed by atoms with van der Waals surface area (Å²) in [5, 5.41) is 0. The molecule has 0 atom stereocenters. The molecule has 2 aromatic carbocycles. The van der Waals surface area contributed by atoms with Crippen LogP contribution in [0.1, 0.15) is 99.8 Å². The van der Waals surface area contributed by atoms with Crippen molar-refractivity contribution in [3.05, 3.63) is 70.5 Å². The van der Waals surface area contributed by atoms with Gasteiger partial charge in [-0.15, -0.1) is 11.8 Å².